The molecule has 0 fully saturated rings. The Labute approximate surface area is 286 Å². The predicted octanol–water partition coefficient (Wildman–Crippen LogP) is 6.98. The van der Waals surface area contributed by atoms with Crippen molar-refractivity contribution in [1.29, 1.82) is 0 Å². The maximum absolute atomic E-state index is 6.93. The molecule has 0 atom stereocenters. The average molecular weight is 931 g/mol. The smallest absolute Gasteiger partial charge is 0.669 e. The Kier molecular flexibility index (Phi) is 11.3. The van der Waals surface area contributed by atoms with Crippen LogP contribution < -0.4 is 9.64 Å². The van der Waals surface area contributed by atoms with Crippen LogP contribution in [0.2, 0.25) is 0 Å². The summed E-state index contributed by atoms with van der Waals surface area (Å²) in [7, 11) is 1.98. The Morgan fingerprint density at radius 2 is 1.75 bits per heavy atom. The molecule has 220 valence electrons. The molecule has 0 saturated heterocycles. The van der Waals surface area contributed by atoms with Crippen LogP contribution in [0.15, 0.2) is 110 Å². The van der Waals surface area contributed by atoms with Crippen molar-refractivity contribution in [2.75, 3.05) is 11.9 Å². The van der Waals surface area contributed by atoms with Crippen LogP contribution in [0, 0.1) is 49.5 Å². The van der Waals surface area contributed by atoms with Gasteiger partial charge in [0, 0.05) is 44.6 Å². The van der Waals surface area contributed by atoms with Crippen molar-refractivity contribution < 1.29 is 46.9 Å². The first-order chi connectivity index (χ1) is 20.7. The summed E-state index contributed by atoms with van der Waals surface area (Å²) in [6, 6.07) is 41.5. The molecule has 44 heavy (non-hydrogen) atoms. The fourth-order valence-electron chi connectivity index (χ4n) is 4.25. The number of ether oxygens (including phenoxy) is 1. The van der Waals surface area contributed by atoms with Gasteiger partial charge in [-0.05, 0) is 37.8 Å². The number of anilines is 1. The second kappa shape index (κ2) is 15.3. The Hall–Kier alpha value is -4.42. The second-order valence-corrected chi connectivity index (χ2v) is 9.17. The minimum atomic E-state index is 0. The van der Waals surface area contributed by atoms with Gasteiger partial charge < -0.3 is 42.1 Å². The van der Waals surface area contributed by atoms with E-state index < -0.39 is 0 Å². The monoisotopic (exact) mass is 930 g/mol. The molecule has 0 spiro atoms. The molecular formula is C36H22N5OPt2-3. The van der Waals surface area contributed by atoms with E-state index in [1.807, 2.05) is 103 Å². The van der Waals surface area contributed by atoms with E-state index in [1.54, 1.807) is 35.4 Å². The van der Waals surface area contributed by atoms with Gasteiger partial charge in [-0.15, -0.1) is 30.0 Å². The van der Waals surface area contributed by atoms with E-state index in [-0.39, 0.29) is 42.1 Å². The third-order valence-corrected chi connectivity index (χ3v) is 6.28. The van der Waals surface area contributed by atoms with Crippen LogP contribution in [-0.2, 0) is 42.1 Å². The molecule has 8 heteroatoms. The molecule has 6 aromatic rings. The second-order valence-electron chi connectivity index (χ2n) is 9.17. The predicted molar refractivity (Wildman–Crippen MR) is 162 cm³/mol. The van der Waals surface area contributed by atoms with E-state index >= 15 is 0 Å². The molecular weight excluding hydrogens is 909 g/mol. The van der Waals surface area contributed by atoms with Gasteiger partial charge in [-0.1, -0.05) is 5.75 Å². The summed E-state index contributed by atoms with van der Waals surface area (Å²) < 4.78 is 7.62. The van der Waals surface area contributed by atoms with Crippen molar-refractivity contribution in [3.8, 4) is 39.9 Å². The van der Waals surface area contributed by atoms with Crippen molar-refractivity contribution in [1.82, 2.24) is 19.4 Å². The quantitative estimate of drug-likeness (QED) is 0.138. The Balaban J connectivity index is 0.000000287. The largest absolute Gasteiger partial charge is 4.00 e. The van der Waals surface area contributed by atoms with Crippen LogP contribution in [0.4, 0.5) is 5.69 Å². The van der Waals surface area contributed by atoms with Gasteiger partial charge in [-0.25, -0.2) is 23.2 Å². The molecule has 0 radical (unpaired) electrons. The number of pyridine rings is 2. The first kappa shape index (κ1) is 32.5. The van der Waals surface area contributed by atoms with Crippen LogP contribution in [0.1, 0.15) is 0 Å². The van der Waals surface area contributed by atoms with Crippen LogP contribution in [0.5, 0.6) is 11.5 Å². The van der Waals surface area contributed by atoms with Crippen LogP contribution in [-0.4, -0.2) is 26.5 Å². The fourth-order valence-corrected chi connectivity index (χ4v) is 4.25. The number of hydrogen-bond donors (Lipinski definition) is 0. The van der Waals surface area contributed by atoms with Gasteiger partial charge in [-0.3, -0.25) is 17.1 Å². The van der Waals surface area contributed by atoms with E-state index in [1.165, 1.54) is 0 Å². The number of benzene rings is 3. The Morgan fingerprint density at radius 3 is 2.55 bits per heavy atom. The number of nitrogens with zero attached hydrogens (tertiary/aromatic N) is 5. The molecule has 0 amide bonds. The van der Waals surface area contributed by atoms with Crippen molar-refractivity contribution in [3.05, 3.63) is 153 Å². The van der Waals surface area contributed by atoms with E-state index in [4.69, 9.17) is 11.2 Å². The first-order valence-corrected chi connectivity index (χ1v) is 13.0. The van der Waals surface area contributed by atoms with E-state index in [0.717, 1.165) is 27.7 Å². The van der Waals surface area contributed by atoms with Gasteiger partial charge in [0.05, 0.1) is 11.7 Å². The average Bonchev–Trinajstić information content (AvgIpc) is 3.68. The van der Waals surface area contributed by atoms with Crippen LogP contribution in [0.25, 0.3) is 33.3 Å². The molecule has 0 unspecified atom stereocenters. The van der Waals surface area contributed by atoms with Crippen molar-refractivity contribution in [2.45, 2.75) is 0 Å². The SMILES string of the molecule is CN1C=CN(c2[c-]c(Oc3[c-]c(-c4[c-]c(-c5[c-]cccc5)ccn4)[c-]cc3)ccc2)[CH-]1.[C-]#Cn1ccc2ccncc21.[Pt+4].[Pt]. The van der Waals surface area contributed by atoms with Gasteiger partial charge >= 0.3 is 21.1 Å². The van der Waals surface area contributed by atoms with Crippen LogP contribution >= 0.6 is 0 Å². The molecule has 7 rings (SSSR count). The number of rotatable bonds is 5. The van der Waals surface area contributed by atoms with Crippen molar-refractivity contribution in [3.63, 3.8) is 0 Å². The summed E-state index contributed by atoms with van der Waals surface area (Å²) in [4.78, 5) is 12.3. The molecule has 4 heterocycles. The Morgan fingerprint density at radius 1 is 0.864 bits per heavy atom. The van der Waals surface area contributed by atoms with Gasteiger partial charge in [0.15, 0.2) is 0 Å². The minimum Gasteiger partial charge on any atom is -0.669 e. The van der Waals surface area contributed by atoms with Crippen molar-refractivity contribution >= 4 is 16.6 Å². The summed E-state index contributed by atoms with van der Waals surface area (Å²) in [5.74, 6) is 1.17. The zero-order valence-corrected chi connectivity index (χ0v) is 27.8. The molecule has 3 aromatic heterocycles. The standard InChI is InChI=1S/C27H17N3O.C9H5N2.2Pt/c1-29-15-16-30(20-29)24-10-6-12-26(19-24)31-25-11-5-9-23(17-25)27-18-22(13-14-28-27)21-7-3-2-4-8-21;1-2-11-6-4-8-3-5-10-7-9(8)11;;/h2-7,10-16,20H,1H3;3-7H;;/q-6;-1;;+4. The number of aromatic nitrogens is 3. The van der Waals surface area contributed by atoms with Gasteiger partial charge in [0.2, 0.25) is 0 Å². The molecule has 1 aliphatic rings. The van der Waals surface area contributed by atoms with E-state index in [0.29, 0.717) is 22.8 Å². The molecule has 0 aliphatic carbocycles. The minimum absolute atomic E-state index is 0. The van der Waals surface area contributed by atoms with Crippen LogP contribution in [0.3, 0.4) is 0 Å². The first-order valence-electron chi connectivity index (χ1n) is 13.0. The van der Waals surface area contributed by atoms with Gasteiger partial charge in [0.1, 0.15) is 0 Å². The molecule has 0 bridgehead atoms. The maximum atomic E-state index is 6.93. The summed E-state index contributed by atoms with van der Waals surface area (Å²) in [6.45, 7) is 1.97. The van der Waals surface area contributed by atoms with Crippen molar-refractivity contribution in [2.24, 2.45) is 0 Å². The fraction of sp³-hybridized carbons (Fsp3) is 0.0278. The summed E-state index contributed by atoms with van der Waals surface area (Å²) in [5, 5.41) is 1.08. The summed E-state index contributed by atoms with van der Waals surface area (Å²) in [6.07, 6.45) is 17.9. The summed E-state index contributed by atoms with van der Waals surface area (Å²) >= 11 is 0. The van der Waals surface area contributed by atoms with Gasteiger partial charge in [-0.2, -0.15) is 54.8 Å². The molecule has 6 nitrogen and oxygen atoms in total. The molecule has 1 aliphatic heterocycles. The maximum Gasteiger partial charge on any atom is 4.00 e. The van der Waals surface area contributed by atoms with E-state index in [9.17, 15) is 0 Å². The summed E-state index contributed by atoms with van der Waals surface area (Å²) in [5.41, 5.74) is 5.02. The number of hydrogen-bond acceptors (Lipinski definition) is 5. The van der Waals surface area contributed by atoms with Gasteiger partial charge in [0.25, 0.3) is 0 Å². The number of fused-ring (bicyclic) bond motifs is 1. The third-order valence-electron chi connectivity index (χ3n) is 6.28. The molecule has 0 N–H and O–H groups in total. The Bertz CT molecular complexity index is 1900. The zero-order chi connectivity index (χ0) is 28.7. The molecule has 0 saturated carbocycles. The zero-order valence-electron chi connectivity index (χ0n) is 23.2. The third kappa shape index (κ3) is 7.74. The molecule has 3 aromatic carbocycles. The normalized spacial score (nSPS) is 11.5. The van der Waals surface area contributed by atoms with E-state index in [2.05, 4.69) is 46.3 Å². The topological polar surface area (TPSA) is 46.4 Å².